The lowest BCUT2D eigenvalue weighted by molar-refractivity contribution is -0.248. The molecule has 5 heteroatoms. The van der Waals surface area contributed by atoms with Crippen molar-refractivity contribution in [2.24, 2.45) is 0 Å². The summed E-state index contributed by atoms with van der Waals surface area (Å²) in [4.78, 5) is 0. The normalized spacial score (nSPS) is 32.4. The quantitative estimate of drug-likeness (QED) is 0.825. The molecular formula is C13H17BrO4. The molecule has 2 rings (SSSR count). The molecule has 0 unspecified atom stereocenters. The third-order valence-electron chi connectivity index (χ3n) is 2.97. The van der Waals surface area contributed by atoms with Gasteiger partial charge in [-0.05, 0) is 5.56 Å². The molecule has 4 atom stereocenters. The molecule has 0 aliphatic carbocycles. The van der Waals surface area contributed by atoms with Crippen molar-refractivity contribution in [3.63, 3.8) is 0 Å². The zero-order valence-electron chi connectivity index (χ0n) is 9.91. The lowest BCUT2D eigenvalue weighted by atomic mass is 10.0. The maximum absolute atomic E-state index is 9.72. The second-order valence-electron chi connectivity index (χ2n) is 4.35. The van der Waals surface area contributed by atoms with Gasteiger partial charge in [-0.25, -0.2) is 0 Å². The van der Waals surface area contributed by atoms with Crippen LogP contribution in [0.4, 0.5) is 0 Å². The molecule has 0 bridgehead atoms. The summed E-state index contributed by atoms with van der Waals surface area (Å²) in [6.45, 7) is 0.434. The average molecular weight is 317 g/mol. The van der Waals surface area contributed by atoms with E-state index in [1.807, 2.05) is 30.3 Å². The Morgan fingerprint density at radius 2 is 2.00 bits per heavy atom. The van der Waals surface area contributed by atoms with E-state index in [4.69, 9.17) is 9.47 Å². The van der Waals surface area contributed by atoms with Crippen LogP contribution in [-0.2, 0) is 16.1 Å². The number of benzene rings is 1. The summed E-state index contributed by atoms with van der Waals surface area (Å²) in [6.07, 6.45) is -2.29. The number of halogens is 1. The molecule has 1 aliphatic rings. The van der Waals surface area contributed by atoms with Crippen molar-refractivity contribution in [3.8, 4) is 0 Å². The number of hydrogen-bond acceptors (Lipinski definition) is 4. The van der Waals surface area contributed by atoms with Crippen LogP contribution in [0.5, 0.6) is 0 Å². The fourth-order valence-corrected chi connectivity index (χ4v) is 2.45. The monoisotopic (exact) mass is 316 g/mol. The van der Waals surface area contributed by atoms with Crippen LogP contribution >= 0.6 is 15.9 Å². The average Bonchev–Trinajstić information content (AvgIpc) is 2.41. The zero-order chi connectivity index (χ0) is 13.0. The Kier molecular flexibility index (Phi) is 5.14. The predicted octanol–water partition coefficient (Wildman–Crippen LogP) is 1.43. The summed E-state index contributed by atoms with van der Waals surface area (Å²) in [7, 11) is 0. The molecule has 0 amide bonds. The highest BCUT2D eigenvalue weighted by atomic mass is 79.9. The Hall–Kier alpha value is -0.460. The third kappa shape index (κ3) is 3.52. The standard InChI is InChI=1S/C13H17BrO4/c14-7-11-13(16)10(15)6-12(18-11)17-8-9-4-2-1-3-5-9/h1-5,10-13,15-16H,6-8H2/t10-,11+,12+,13+/m0/s1. The second-order valence-corrected chi connectivity index (χ2v) is 5.00. The molecule has 1 fully saturated rings. The number of rotatable bonds is 4. The minimum absolute atomic E-state index is 0.289. The summed E-state index contributed by atoms with van der Waals surface area (Å²) in [5, 5.41) is 19.9. The van der Waals surface area contributed by atoms with Gasteiger partial charge < -0.3 is 19.7 Å². The maximum atomic E-state index is 9.72. The summed E-state index contributed by atoms with van der Waals surface area (Å²) >= 11 is 3.25. The van der Waals surface area contributed by atoms with E-state index in [-0.39, 0.29) is 6.42 Å². The zero-order valence-corrected chi connectivity index (χ0v) is 11.5. The Bertz CT molecular complexity index is 359. The van der Waals surface area contributed by atoms with E-state index < -0.39 is 24.6 Å². The van der Waals surface area contributed by atoms with E-state index in [1.54, 1.807) is 0 Å². The first-order chi connectivity index (χ1) is 8.70. The van der Waals surface area contributed by atoms with Crippen molar-refractivity contribution in [2.75, 3.05) is 5.33 Å². The number of aliphatic hydroxyl groups excluding tert-OH is 2. The van der Waals surface area contributed by atoms with Crippen LogP contribution in [0, 0.1) is 0 Å². The minimum Gasteiger partial charge on any atom is -0.390 e. The van der Waals surface area contributed by atoms with Crippen molar-refractivity contribution in [1.82, 2.24) is 0 Å². The van der Waals surface area contributed by atoms with Gasteiger partial charge in [0.2, 0.25) is 0 Å². The molecule has 1 aromatic rings. The first-order valence-corrected chi connectivity index (χ1v) is 7.06. The topological polar surface area (TPSA) is 58.9 Å². The second kappa shape index (κ2) is 6.63. The van der Waals surface area contributed by atoms with Crippen molar-refractivity contribution in [1.29, 1.82) is 0 Å². The Labute approximate surface area is 115 Å². The van der Waals surface area contributed by atoms with Crippen LogP contribution in [0.2, 0.25) is 0 Å². The number of aliphatic hydroxyl groups is 2. The smallest absolute Gasteiger partial charge is 0.161 e. The Morgan fingerprint density at radius 3 is 2.67 bits per heavy atom. The summed E-state index contributed by atoms with van der Waals surface area (Å²) in [5.41, 5.74) is 1.05. The number of ether oxygens (including phenoxy) is 2. The van der Waals surface area contributed by atoms with Gasteiger partial charge in [-0.15, -0.1) is 0 Å². The van der Waals surface area contributed by atoms with Crippen molar-refractivity contribution < 1.29 is 19.7 Å². The van der Waals surface area contributed by atoms with Crippen molar-refractivity contribution in [3.05, 3.63) is 35.9 Å². The summed E-state index contributed by atoms with van der Waals surface area (Å²) in [5.74, 6) is 0. The highest BCUT2D eigenvalue weighted by Gasteiger charge is 2.36. The molecule has 1 saturated heterocycles. The SMILES string of the molecule is O[C@@H]1[C@@H](O)C[C@H](OCc2ccccc2)O[C@@H]1CBr. The van der Waals surface area contributed by atoms with E-state index in [0.29, 0.717) is 11.9 Å². The van der Waals surface area contributed by atoms with Crippen molar-refractivity contribution >= 4 is 15.9 Å². The van der Waals surface area contributed by atoms with Crippen LogP contribution in [0.1, 0.15) is 12.0 Å². The molecular weight excluding hydrogens is 300 g/mol. The first kappa shape index (κ1) is 14.0. The van der Waals surface area contributed by atoms with Gasteiger partial charge in [-0.3, -0.25) is 0 Å². The maximum Gasteiger partial charge on any atom is 0.161 e. The third-order valence-corrected chi connectivity index (χ3v) is 3.60. The molecule has 0 spiro atoms. The van der Waals surface area contributed by atoms with Gasteiger partial charge in [0.1, 0.15) is 6.10 Å². The van der Waals surface area contributed by atoms with Gasteiger partial charge in [0.05, 0.1) is 18.8 Å². The fraction of sp³-hybridized carbons (Fsp3) is 0.538. The molecule has 18 heavy (non-hydrogen) atoms. The van der Waals surface area contributed by atoms with Gasteiger partial charge in [-0.1, -0.05) is 46.3 Å². The van der Waals surface area contributed by atoms with Gasteiger partial charge in [0, 0.05) is 11.8 Å². The van der Waals surface area contributed by atoms with E-state index in [1.165, 1.54) is 0 Å². The van der Waals surface area contributed by atoms with E-state index in [9.17, 15) is 10.2 Å². The van der Waals surface area contributed by atoms with Gasteiger partial charge in [0.15, 0.2) is 6.29 Å². The van der Waals surface area contributed by atoms with Crippen LogP contribution in [0.25, 0.3) is 0 Å². The van der Waals surface area contributed by atoms with Crippen LogP contribution in [0.15, 0.2) is 30.3 Å². The van der Waals surface area contributed by atoms with Crippen LogP contribution < -0.4 is 0 Å². The van der Waals surface area contributed by atoms with Crippen LogP contribution in [-0.4, -0.2) is 40.1 Å². The van der Waals surface area contributed by atoms with Crippen LogP contribution in [0.3, 0.4) is 0 Å². The molecule has 4 nitrogen and oxygen atoms in total. The highest BCUT2D eigenvalue weighted by Crippen LogP contribution is 2.23. The van der Waals surface area contributed by atoms with E-state index in [0.717, 1.165) is 5.56 Å². The molecule has 0 saturated carbocycles. The largest absolute Gasteiger partial charge is 0.390 e. The lowest BCUT2D eigenvalue weighted by Gasteiger charge is -2.36. The van der Waals surface area contributed by atoms with Crippen molar-refractivity contribution in [2.45, 2.75) is 37.6 Å². The lowest BCUT2D eigenvalue weighted by Crippen LogP contribution is -2.49. The fourth-order valence-electron chi connectivity index (χ4n) is 1.91. The summed E-state index contributed by atoms with van der Waals surface area (Å²) in [6, 6.07) is 9.77. The van der Waals surface area contributed by atoms with Gasteiger partial charge in [-0.2, -0.15) is 0 Å². The predicted molar refractivity (Wildman–Crippen MR) is 70.3 cm³/mol. The molecule has 0 aromatic heterocycles. The summed E-state index contributed by atoms with van der Waals surface area (Å²) < 4.78 is 11.2. The van der Waals surface area contributed by atoms with E-state index >= 15 is 0 Å². The minimum atomic E-state index is -0.860. The molecule has 100 valence electrons. The number of hydrogen-bond donors (Lipinski definition) is 2. The van der Waals surface area contributed by atoms with E-state index in [2.05, 4.69) is 15.9 Å². The Balaban J connectivity index is 1.86. The Morgan fingerprint density at radius 1 is 1.28 bits per heavy atom. The van der Waals surface area contributed by atoms with Gasteiger partial charge >= 0.3 is 0 Å². The first-order valence-electron chi connectivity index (χ1n) is 5.94. The molecule has 1 aliphatic heterocycles. The molecule has 1 aromatic carbocycles. The molecule has 2 N–H and O–H groups in total. The highest BCUT2D eigenvalue weighted by molar-refractivity contribution is 9.09. The molecule has 1 heterocycles. The van der Waals surface area contributed by atoms with Gasteiger partial charge in [0.25, 0.3) is 0 Å². The number of alkyl halides is 1. The molecule has 0 radical (unpaired) electrons.